The zero-order valence-electron chi connectivity index (χ0n) is 13.2. The highest BCUT2D eigenvalue weighted by Crippen LogP contribution is 2.30. The SMILES string of the molecule is CCc1c(-c2ccc(NCCCI)cc2)[nH]c(=O)c(C(=O)O)c1O. The number of aromatic amines is 1. The summed E-state index contributed by atoms with van der Waals surface area (Å²) in [5, 5.41) is 22.5. The predicted octanol–water partition coefficient (Wildman–Crippen LogP) is 3.25. The van der Waals surface area contributed by atoms with Crippen LogP contribution < -0.4 is 10.9 Å². The smallest absolute Gasteiger partial charge is 0.345 e. The number of H-pyrrole nitrogens is 1. The van der Waals surface area contributed by atoms with E-state index < -0.39 is 22.8 Å². The number of carboxylic acids is 1. The van der Waals surface area contributed by atoms with E-state index in [1.807, 2.05) is 24.3 Å². The molecule has 1 aromatic heterocycles. The number of hydrogen-bond acceptors (Lipinski definition) is 4. The van der Waals surface area contributed by atoms with Crippen LogP contribution in [0.25, 0.3) is 11.3 Å². The lowest BCUT2D eigenvalue weighted by Crippen LogP contribution is -2.20. The number of rotatable bonds is 7. The van der Waals surface area contributed by atoms with Crippen LogP contribution in [-0.4, -0.2) is 32.1 Å². The molecule has 0 saturated heterocycles. The minimum Gasteiger partial charge on any atom is -0.506 e. The summed E-state index contributed by atoms with van der Waals surface area (Å²) in [4.78, 5) is 25.7. The number of nitrogens with one attached hydrogen (secondary N) is 2. The Morgan fingerprint density at radius 3 is 2.50 bits per heavy atom. The lowest BCUT2D eigenvalue weighted by atomic mass is 10.0. The third-order valence-electron chi connectivity index (χ3n) is 3.67. The van der Waals surface area contributed by atoms with Crippen molar-refractivity contribution in [1.82, 2.24) is 4.98 Å². The van der Waals surface area contributed by atoms with Crippen molar-refractivity contribution in [3.05, 3.63) is 45.7 Å². The summed E-state index contributed by atoms with van der Waals surface area (Å²) in [7, 11) is 0. The van der Waals surface area contributed by atoms with Crippen molar-refractivity contribution in [2.24, 2.45) is 0 Å². The first-order valence-electron chi connectivity index (χ1n) is 7.61. The molecule has 0 amide bonds. The van der Waals surface area contributed by atoms with E-state index >= 15 is 0 Å². The molecule has 0 radical (unpaired) electrons. The maximum absolute atomic E-state index is 12.0. The van der Waals surface area contributed by atoms with E-state index in [9.17, 15) is 14.7 Å². The maximum Gasteiger partial charge on any atom is 0.345 e. The Labute approximate surface area is 153 Å². The highest BCUT2D eigenvalue weighted by Gasteiger charge is 2.21. The molecule has 7 heteroatoms. The molecular formula is C17H19IN2O4. The Bertz CT molecular complexity index is 784. The molecule has 0 unspecified atom stereocenters. The second-order valence-corrected chi connectivity index (χ2v) is 6.32. The van der Waals surface area contributed by atoms with E-state index in [0.29, 0.717) is 17.7 Å². The fourth-order valence-corrected chi connectivity index (χ4v) is 2.85. The van der Waals surface area contributed by atoms with Gasteiger partial charge in [-0.05, 0) is 30.5 Å². The van der Waals surface area contributed by atoms with Gasteiger partial charge in [-0.1, -0.05) is 41.6 Å². The predicted molar refractivity (Wildman–Crippen MR) is 102 cm³/mol. The molecule has 1 aromatic carbocycles. The summed E-state index contributed by atoms with van der Waals surface area (Å²) < 4.78 is 1.08. The third kappa shape index (κ3) is 3.89. The van der Waals surface area contributed by atoms with E-state index in [-0.39, 0.29) is 0 Å². The van der Waals surface area contributed by atoms with Gasteiger partial charge in [0, 0.05) is 22.2 Å². The standard InChI is InChI=1S/C17H19IN2O4/c1-2-12-14(20-16(22)13(15(12)21)17(23)24)10-4-6-11(7-5-10)19-9-3-8-18/h4-7,19H,2-3,8-9H2,1H3,(H,23,24)(H2,20,21,22). The molecule has 0 aliphatic rings. The topological polar surface area (TPSA) is 102 Å². The summed E-state index contributed by atoms with van der Waals surface area (Å²) >= 11 is 2.32. The quantitative estimate of drug-likeness (QED) is 0.300. The molecule has 0 saturated carbocycles. The first-order chi connectivity index (χ1) is 11.5. The first-order valence-corrected chi connectivity index (χ1v) is 9.13. The minimum absolute atomic E-state index is 0.397. The average molecular weight is 442 g/mol. The molecule has 0 atom stereocenters. The van der Waals surface area contributed by atoms with Gasteiger partial charge in [-0.2, -0.15) is 0 Å². The van der Waals surface area contributed by atoms with E-state index in [0.717, 1.165) is 28.6 Å². The summed E-state index contributed by atoms with van der Waals surface area (Å²) in [6.45, 7) is 2.68. The average Bonchev–Trinajstić information content (AvgIpc) is 2.55. The number of aromatic nitrogens is 1. The molecule has 0 aliphatic heterocycles. The molecule has 24 heavy (non-hydrogen) atoms. The van der Waals surface area contributed by atoms with Crippen LogP contribution in [0.4, 0.5) is 5.69 Å². The minimum atomic E-state index is -1.44. The number of halogens is 1. The number of hydrogen-bond donors (Lipinski definition) is 4. The number of alkyl halides is 1. The van der Waals surface area contributed by atoms with Crippen molar-refractivity contribution in [3.8, 4) is 17.0 Å². The number of benzene rings is 1. The number of pyridine rings is 1. The number of anilines is 1. The van der Waals surface area contributed by atoms with E-state index in [1.165, 1.54) is 0 Å². The molecule has 0 bridgehead atoms. The fraction of sp³-hybridized carbons (Fsp3) is 0.294. The molecule has 0 fully saturated rings. The van der Waals surface area contributed by atoms with Gasteiger partial charge in [-0.25, -0.2) is 4.79 Å². The van der Waals surface area contributed by atoms with Crippen molar-refractivity contribution in [2.45, 2.75) is 19.8 Å². The zero-order valence-corrected chi connectivity index (χ0v) is 15.4. The van der Waals surface area contributed by atoms with Crippen molar-refractivity contribution < 1.29 is 15.0 Å². The van der Waals surface area contributed by atoms with Gasteiger partial charge in [-0.15, -0.1) is 0 Å². The number of carboxylic acid groups (broad SMARTS) is 1. The fourth-order valence-electron chi connectivity index (χ4n) is 2.47. The Kier molecular flexibility index (Phi) is 6.24. The molecule has 4 N–H and O–H groups in total. The van der Waals surface area contributed by atoms with Gasteiger partial charge in [0.25, 0.3) is 5.56 Å². The van der Waals surface area contributed by atoms with Gasteiger partial charge in [0.2, 0.25) is 0 Å². The molecule has 6 nitrogen and oxygen atoms in total. The number of aromatic hydroxyl groups is 1. The van der Waals surface area contributed by atoms with Crippen molar-refractivity contribution in [1.29, 1.82) is 0 Å². The van der Waals surface area contributed by atoms with Crippen LogP contribution >= 0.6 is 22.6 Å². The maximum atomic E-state index is 12.0. The largest absolute Gasteiger partial charge is 0.506 e. The summed E-state index contributed by atoms with van der Waals surface area (Å²) in [5.41, 5.74) is 1.12. The Hall–Kier alpha value is -2.03. The third-order valence-corrected chi connectivity index (χ3v) is 4.43. The zero-order chi connectivity index (χ0) is 17.7. The van der Waals surface area contributed by atoms with Crippen LogP contribution in [-0.2, 0) is 6.42 Å². The Morgan fingerprint density at radius 2 is 1.96 bits per heavy atom. The molecule has 2 aromatic rings. The normalized spacial score (nSPS) is 10.6. The Morgan fingerprint density at radius 1 is 1.29 bits per heavy atom. The van der Waals surface area contributed by atoms with Gasteiger partial charge in [0.1, 0.15) is 5.75 Å². The number of carbonyl (C=O) groups is 1. The monoisotopic (exact) mass is 442 g/mol. The van der Waals surface area contributed by atoms with Crippen LogP contribution in [0.1, 0.15) is 29.3 Å². The Balaban J connectivity index is 2.41. The van der Waals surface area contributed by atoms with Gasteiger partial charge >= 0.3 is 5.97 Å². The van der Waals surface area contributed by atoms with E-state index in [2.05, 4.69) is 32.9 Å². The van der Waals surface area contributed by atoms with Crippen LogP contribution in [0.2, 0.25) is 0 Å². The molecule has 0 spiro atoms. The van der Waals surface area contributed by atoms with Gasteiger partial charge in [-0.3, -0.25) is 4.79 Å². The van der Waals surface area contributed by atoms with Gasteiger partial charge in [0.05, 0.1) is 5.69 Å². The van der Waals surface area contributed by atoms with Crippen LogP contribution in [0, 0.1) is 0 Å². The number of aromatic carboxylic acids is 1. The van der Waals surface area contributed by atoms with Crippen molar-refractivity contribution in [2.75, 3.05) is 16.3 Å². The van der Waals surface area contributed by atoms with Gasteiger partial charge < -0.3 is 20.5 Å². The first kappa shape index (κ1) is 18.3. The summed E-state index contributed by atoms with van der Waals surface area (Å²) in [5.74, 6) is -1.90. The van der Waals surface area contributed by atoms with Crippen molar-refractivity contribution in [3.63, 3.8) is 0 Å². The van der Waals surface area contributed by atoms with Crippen LogP contribution in [0.15, 0.2) is 29.1 Å². The molecule has 128 valence electrons. The van der Waals surface area contributed by atoms with Crippen molar-refractivity contribution >= 4 is 34.2 Å². The highest BCUT2D eigenvalue weighted by molar-refractivity contribution is 14.1. The second kappa shape index (κ2) is 8.18. The summed E-state index contributed by atoms with van der Waals surface area (Å²) in [6.07, 6.45) is 1.47. The van der Waals surface area contributed by atoms with E-state index in [4.69, 9.17) is 5.11 Å². The molecular weight excluding hydrogens is 423 g/mol. The highest BCUT2D eigenvalue weighted by atomic mass is 127. The lowest BCUT2D eigenvalue weighted by molar-refractivity contribution is 0.0691. The second-order valence-electron chi connectivity index (χ2n) is 5.24. The lowest BCUT2D eigenvalue weighted by Gasteiger charge is -2.13. The van der Waals surface area contributed by atoms with Crippen LogP contribution in [0.3, 0.4) is 0 Å². The van der Waals surface area contributed by atoms with Gasteiger partial charge in [0.15, 0.2) is 5.56 Å². The molecule has 1 heterocycles. The van der Waals surface area contributed by atoms with E-state index in [1.54, 1.807) is 6.92 Å². The summed E-state index contributed by atoms with van der Waals surface area (Å²) in [6, 6.07) is 7.44. The molecule has 0 aliphatic carbocycles. The van der Waals surface area contributed by atoms with Crippen LogP contribution in [0.5, 0.6) is 5.75 Å². The molecule has 2 rings (SSSR count).